The maximum absolute atomic E-state index is 5.64. The molecule has 0 spiro atoms. The summed E-state index contributed by atoms with van der Waals surface area (Å²) in [6.07, 6.45) is 5.92. The molecule has 4 heteroatoms. The van der Waals surface area contributed by atoms with E-state index in [1.54, 1.807) is 0 Å². The molecule has 0 aromatic carbocycles. The third kappa shape index (κ3) is 1.95. The second-order valence-electron chi connectivity index (χ2n) is 5.39. The van der Waals surface area contributed by atoms with E-state index in [2.05, 4.69) is 17.2 Å². The lowest BCUT2D eigenvalue weighted by molar-refractivity contribution is 0.158. The van der Waals surface area contributed by atoms with Crippen molar-refractivity contribution in [3.05, 3.63) is 11.5 Å². The van der Waals surface area contributed by atoms with Crippen LogP contribution in [0.1, 0.15) is 37.6 Å². The maximum Gasteiger partial charge on any atom is 0.292 e. The van der Waals surface area contributed by atoms with Gasteiger partial charge >= 0.3 is 0 Å². The molecule has 0 saturated carbocycles. The van der Waals surface area contributed by atoms with Crippen molar-refractivity contribution in [2.75, 3.05) is 12.3 Å². The van der Waals surface area contributed by atoms with E-state index in [1.807, 2.05) is 0 Å². The van der Waals surface area contributed by atoms with Gasteiger partial charge in [-0.3, -0.25) is 0 Å². The third-order valence-electron chi connectivity index (χ3n) is 4.33. The Hall–Kier alpha value is -1.03. The quantitative estimate of drug-likeness (QED) is 0.819. The highest BCUT2D eigenvalue weighted by Crippen LogP contribution is 2.36. The topological polar surface area (TPSA) is 64.1 Å². The molecule has 0 radical (unpaired) electrons. The molecular formula is C13H21N3O. The van der Waals surface area contributed by atoms with Crippen LogP contribution >= 0.6 is 0 Å². The van der Waals surface area contributed by atoms with Crippen molar-refractivity contribution in [2.45, 2.75) is 45.1 Å². The fraction of sp³-hybridized carbons (Fsp3) is 0.769. The SMILES string of the molecule is CCCC1CCN[C@@H]2Cc3oc(N)nc3C[C@@H]12. The Morgan fingerprint density at radius 3 is 3.18 bits per heavy atom. The summed E-state index contributed by atoms with van der Waals surface area (Å²) in [5.41, 5.74) is 6.75. The lowest BCUT2D eigenvalue weighted by Crippen LogP contribution is -2.50. The highest BCUT2D eigenvalue weighted by atomic mass is 16.4. The van der Waals surface area contributed by atoms with Crippen LogP contribution in [0.4, 0.5) is 6.01 Å². The van der Waals surface area contributed by atoms with Crippen molar-refractivity contribution in [1.82, 2.24) is 10.3 Å². The van der Waals surface area contributed by atoms with Crippen molar-refractivity contribution in [3.63, 3.8) is 0 Å². The molecule has 3 rings (SSSR count). The number of rotatable bonds is 2. The monoisotopic (exact) mass is 235 g/mol. The molecular weight excluding hydrogens is 214 g/mol. The molecule has 3 atom stereocenters. The summed E-state index contributed by atoms with van der Waals surface area (Å²) < 4.78 is 5.48. The van der Waals surface area contributed by atoms with Crippen molar-refractivity contribution >= 4 is 6.01 Å². The number of anilines is 1. The van der Waals surface area contributed by atoms with E-state index in [-0.39, 0.29) is 0 Å². The van der Waals surface area contributed by atoms with E-state index in [0.29, 0.717) is 12.1 Å². The number of piperidine rings is 1. The van der Waals surface area contributed by atoms with E-state index in [1.165, 1.54) is 19.3 Å². The van der Waals surface area contributed by atoms with Gasteiger partial charge in [0.1, 0.15) is 5.76 Å². The number of oxazole rings is 1. The first-order chi connectivity index (χ1) is 8.28. The van der Waals surface area contributed by atoms with Crippen molar-refractivity contribution in [2.24, 2.45) is 11.8 Å². The second-order valence-corrected chi connectivity index (χ2v) is 5.39. The lowest BCUT2D eigenvalue weighted by Gasteiger charge is -2.41. The minimum atomic E-state index is 0.334. The van der Waals surface area contributed by atoms with E-state index < -0.39 is 0 Å². The van der Waals surface area contributed by atoms with Crippen LogP contribution in [0.3, 0.4) is 0 Å². The summed E-state index contributed by atoms with van der Waals surface area (Å²) >= 11 is 0. The van der Waals surface area contributed by atoms with E-state index in [4.69, 9.17) is 10.2 Å². The molecule has 1 aliphatic carbocycles. The first-order valence-corrected chi connectivity index (χ1v) is 6.75. The van der Waals surface area contributed by atoms with Crippen molar-refractivity contribution < 1.29 is 4.42 Å². The van der Waals surface area contributed by atoms with Gasteiger partial charge in [-0.05, 0) is 31.2 Å². The predicted octanol–water partition coefficient (Wildman–Crippen LogP) is 1.75. The van der Waals surface area contributed by atoms with Crippen LogP contribution in [-0.2, 0) is 12.8 Å². The number of nitrogen functional groups attached to an aromatic ring is 1. The van der Waals surface area contributed by atoms with Gasteiger partial charge in [0.15, 0.2) is 0 Å². The summed E-state index contributed by atoms with van der Waals surface area (Å²) in [5.74, 6) is 2.58. The molecule has 2 aliphatic rings. The fourth-order valence-corrected chi connectivity index (χ4v) is 3.56. The van der Waals surface area contributed by atoms with Gasteiger partial charge in [-0.1, -0.05) is 19.8 Å². The first kappa shape index (κ1) is 11.1. The molecule has 1 saturated heterocycles. The molecule has 17 heavy (non-hydrogen) atoms. The summed E-state index contributed by atoms with van der Waals surface area (Å²) in [5, 5.41) is 3.63. The van der Waals surface area contributed by atoms with E-state index in [9.17, 15) is 0 Å². The average molecular weight is 235 g/mol. The number of fused-ring (bicyclic) bond motifs is 2. The molecule has 3 N–H and O–H groups in total. The number of nitrogens with two attached hydrogens (primary N) is 1. The Balaban J connectivity index is 1.83. The van der Waals surface area contributed by atoms with E-state index in [0.717, 1.165) is 42.7 Å². The Morgan fingerprint density at radius 2 is 2.35 bits per heavy atom. The van der Waals surface area contributed by atoms with E-state index >= 15 is 0 Å². The van der Waals surface area contributed by atoms with Crippen molar-refractivity contribution in [3.8, 4) is 0 Å². The number of hydrogen-bond acceptors (Lipinski definition) is 4. The zero-order valence-electron chi connectivity index (χ0n) is 10.4. The lowest BCUT2D eigenvalue weighted by atomic mass is 9.72. The van der Waals surface area contributed by atoms with Crippen LogP contribution in [0.5, 0.6) is 0 Å². The largest absolute Gasteiger partial charge is 0.429 e. The zero-order chi connectivity index (χ0) is 11.8. The molecule has 0 amide bonds. The Morgan fingerprint density at radius 1 is 1.47 bits per heavy atom. The smallest absolute Gasteiger partial charge is 0.292 e. The van der Waals surface area contributed by atoms with Gasteiger partial charge in [0.2, 0.25) is 0 Å². The molecule has 2 heterocycles. The van der Waals surface area contributed by atoms with Crippen LogP contribution in [0.15, 0.2) is 4.42 Å². The molecule has 1 aliphatic heterocycles. The van der Waals surface area contributed by atoms with Gasteiger partial charge in [-0.25, -0.2) is 0 Å². The van der Waals surface area contributed by atoms with Crippen LogP contribution in [0.25, 0.3) is 0 Å². The van der Waals surface area contributed by atoms with Crippen LogP contribution in [0, 0.1) is 11.8 Å². The molecule has 1 aromatic rings. The minimum absolute atomic E-state index is 0.334. The first-order valence-electron chi connectivity index (χ1n) is 6.75. The average Bonchev–Trinajstić information content (AvgIpc) is 2.66. The molecule has 94 valence electrons. The number of nitrogens with zero attached hydrogens (tertiary/aromatic N) is 1. The zero-order valence-corrected chi connectivity index (χ0v) is 10.4. The van der Waals surface area contributed by atoms with Gasteiger partial charge in [0, 0.05) is 12.5 Å². The molecule has 0 bridgehead atoms. The Bertz CT molecular complexity index is 399. The summed E-state index contributed by atoms with van der Waals surface area (Å²) in [7, 11) is 0. The summed E-state index contributed by atoms with van der Waals surface area (Å²) in [6, 6.07) is 0.904. The number of aromatic nitrogens is 1. The predicted molar refractivity (Wildman–Crippen MR) is 66.6 cm³/mol. The molecule has 1 unspecified atom stereocenters. The highest BCUT2D eigenvalue weighted by molar-refractivity contribution is 5.25. The highest BCUT2D eigenvalue weighted by Gasteiger charge is 2.38. The Labute approximate surface area is 102 Å². The Kier molecular flexibility index (Phi) is 2.82. The van der Waals surface area contributed by atoms with Crippen LogP contribution in [0.2, 0.25) is 0 Å². The number of hydrogen-bond donors (Lipinski definition) is 2. The normalized spacial score (nSPS) is 31.9. The molecule has 1 aromatic heterocycles. The van der Waals surface area contributed by atoms with Crippen molar-refractivity contribution in [1.29, 1.82) is 0 Å². The minimum Gasteiger partial charge on any atom is -0.429 e. The fourth-order valence-electron chi connectivity index (χ4n) is 3.56. The summed E-state index contributed by atoms with van der Waals surface area (Å²) in [4.78, 5) is 4.32. The van der Waals surface area contributed by atoms with Gasteiger partial charge in [-0.2, -0.15) is 4.98 Å². The number of nitrogens with one attached hydrogen (secondary N) is 1. The third-order valence-corrected chi connectivity index (χ3v) is 4.33. The molecule has 1 fully saturated rings. The summed E-state index contributed by atoms with van der Waals surface area (Å²) in [6.45, 7) is 3.42. The van der Waals surface area contributed by atoms with Gasteiger partial charge in [-0.15, -0.1) is 0 Å². The standard InChI is InChI=1S/C13H21N3O/c1-2-3-8-4-5-15-10-7-12-11(6-9(8)10)16-13(14)17-12/h8-10,15H,2-7H2,1H3,(H2,14,16)/t8?,9-,10+/m0/s1. The van der Waals surface area contributed by atoms with Gasteiger partial charge in [0.05, 0.1) is 5.69 Å². The second kappa shape index (κ2) is 4.33. The van der Waals surface area contributed by atoms with Crippen LogP contribution < -0.4 is 11.1 Å². The van der Waals surface area contributed by atoms with Crippen LogP contribution in [-0.4, -0.2) is 17.6 Å². The van der Waals surface area contributed by atoms with Gasteiger partial charge in [0.25, 0.3) is 6.01 Å². The molecule has 4 nitrogen and oxygen atoms in total. The maximum atomic E-state index is 5.64. The van der Waals surface area contributed by atoms with Gasteiger partial charge < -0.3 is 15.5 Å².